The molecule has 1 atom stereocenters. The topological polar surface area (TPSA) is 71.4 Å². The number of fused-ring (bicyclic) bond motifs is 1. The summed E-state index contributed by atoms with van der Waals surface area (Å²) in [6.07, 6.45) is 3.08. The normalized spacial score (nSPS) is 16.0. The predicted octanol–water partition coefficient (Wildman–Crippen LogP) is 3.77. The second-order valence-electron chi connectivity index (χ2n) is 5.46. The first-order valence-electron chi connectivity index (χ1n) is 7.24. The lowest BCUT2D eigenvalue weighted by molar-refractivity contribution is 0.615. The van der Waals surface area contributed by atoms with Crippen LogP contribution in [0, 0.1) is 34.0 Å². The van der Waals surface area contributed by atoms with Crippen LogP contribution in [0.2, 0.25) is 0 Å². The first kappa shape index (κ1) is 13.9. The zero-order chi connectivity index (χ0) is 15.5. The molecular weight excluding hydrogens is 270 g/mol. The van der Waals surface area contributed by atoms with Crippen LogP contribution in [0.15, 0.2) is 36.4 Å². The zero-order valence-corrected chi connectivity index (χ0v) is 12.0. The Kier molecular flexibility index (Phi) is 3.61. The van der Waals surface area contributed by atoms with Crippen molar-refractivity contribution in [1.82, 2.24) is 0 Å². The third-order valence-corrected chi connectivity index (χ3v) is 4.30. The van der Waals surface area contributed by atoms with Crippen molar-refractivity contribution in [2.75, 3.05) is 0 Å². The van der Waals surface area contributed by atoms with Crippen molar-refractivity contribution in [3.8, 4) is 18.2 Å². The monoisotopic (exact) mass is 283 g/mol. The van der Waals surface area contributed by atoms with E-state index in [9.17, 15) is 10.5 Å². The molecule has 0 bridgehead atoms. The summed E-state index contributed by atoms with van der Waals surface area (Å²) in [5.41, 5.74) is 4.53. The molecule has 0 amide bonds. The van der Waals surface area contributed by atoms with Crippen molar-refractivity contribution in [3.63, 3.8) is 0 Å². The Hall–Kier alpha value is -3.09. The third kappa shape index (κ3) is 2.22. The van der Waals surface area contributed by atoms with Crippen molar-refractivity contribution in [2.24, 2.45) is 0 Å². The molecule has 0 saturated carbocycles. The minimum absolute atomic E-state index is 0.124. The van der Waals surface area contributed by atoms with Crippen LogP contribution in [0.3, 0.4) is 0 Å². The van der Waals surface area contributed by atoms with Crippen molar-refractivity contribution < 1.29 is 0 Å². The summed E-state index contributed by atoms with van der Waals surface area (Å²) in [5.74, 6) is 0.124. The number of rotatable bonds is 1. The fraction of sp³-hybridized carbons (Fsp3) is 0.211. The van der Waals surface area contributed by atoms with E-state index < -0.39 is 0 Å². The lowest BCUT2D eigenvalue weighted by Crippen LogP contribution is -2.12. The molecule has 0 heterocycles. The highest BCUT2D eigenvalue weighted by atomic mass is 14.3. The predicted molar refractivity (Wildman–Crippen MR) is 81.8 cm³/mol. The molecule has 1 unspecified atom stereocenters. The minimum atomic E-state index is 0.124. The molecule has 0 N–H and O–H groups in total. The molecule has 2 aromatic rings. The van der Waals surface area contributed by atoms with E-state index >= 15 is 0 Å². The van der Waals surface area contributed by atoms with Gasteiger partial charge in [0.2, 0.25) is 0 Å². The second kappa shape index (κ2) is 5.72. The smallest absolute Gasteiger partial charge is 0.101 e. The van der Waals surface area contributed by atoms with Gasteiger partial charge in [-0.1, -0.05) is 24.3 Å². The lowest BCUT2D eigenvalue weighted by atomic mass is 9.77. The standard InChI is InChI=1S/C19H13N3/c20-10-14-8-16(12-22)19(9-15(14)11-21)18-7-3-5-13-4-1-2-6-17(13)18/h1-2,4,6,8-9,18H,3,5,7H2. The van der Waals surface area contributed by atoms with Gasteiger partial charge in [0, 0.05) is 5.92 Å². The Balaban J connectivity index is 2.20. The van der Waals surface area contributed by atoms with Gasteiger partial charge >= 0.3 is 0 Å². The van der Waals surface area contributed by atoms with Gasteiger partial charge in [-0.15, -0.1) is 0 Å². The van der Waals surface area contributed by atoms with E-state index in [1.807, 2.05) is 18.2 Å². The Morgan fingerprint density at radius 1 is 0.818 bits per heavy atom. The SMILES string of the molecule is N#Cc1cc(C#N)c(C2CCCc3ccccc32)cc1C#N. The number of aryl methyl sites for hydroxylation is 1. The molecule has 3 rings (SSSR count). The summed E-state index contributed by atoms with van der Waals surface area (Å²) in [6, 6.07) is 17.8. The van der Waals surface area contributed by atoms with Gasteiger partial charge in [0.05, 0.1) is 22.8 Å². The number of nitriles is 3. The summed E-state index contributed by atoms with van der Waals surface area (Å²) >= 11 is 0. The molecule has 3 nitrogen and oxygen atoms in total. The van der Waals surface area contributed by atoms with Crippen LogP contribution in [0.4, 0.5) is 0 Å². The van der Waals surface area contributed by atoms with Crippen LogP contribution in [-0.2, 0) is 6.42 Å². The molecule has 1 aliphatic rings. The lowest BCUT2D eigenvalue weighted by Gasteiger charge is -2.26. The molecule has 0 saturated heterocycles. The molecule has 0 aromatic heterocycles. The van der Waals surface area contributed by atoms with E-state index in [0.29, 0.717) is 11.1 Å². The Morgan fingerprint density at radius 3 is 2.23 bits per heavy atom. The Labute approximate surface area is 129 Å². The van der Waals surface area contributed by atoms with Crippen LogP contribution in [0.1, 0.15) is 52.1 Å². The number of hydrogen-bond acceptors (Lipinski definition) is 3. The maximum Gasteiger partial charge on any atom is 0.101 e. The van der Waals surface area contributed by atoms with Gasteiger partial charge in [0.25, 0.3) is 0 Å². The van der Waals surface area contributed by atoms with Gasteiger partial charge in [0.15, 0.2) is 0 Å². The van der Waals surface area contributed by atoms with Gasteiger partial charge in [0.1, 0.15) is 12.1 Å². The molecule has 0 fully saturated rings. The van der Waals surface area contributed by atoms with Crippen molar-refractivity contribution in [3.05, 3.63) is 69.8 Å². The molecule has 104 valence electrons. The van der Waals surface area contributed by atoms with E-state index in [-0.39, 0.29) is 11.5 Å². The maximum atomic E-state index is 9.44. The van der Waals surface area contributed by atoms with Gasteiger partial charge in [-0.3, -0.25) is 0 Å². The maximum absolute atomic E-state index is 9.44. The van der Waals surface area contributed by atoms with Crippen LogP contribution < -0.4 is 0 Å². The molecule has 1 aliphatic carbocycles. The van der Waals surface area contributed by atoms with Gasteiger partial charge < -0.3 is 0 Å². The van der Waals surface area contributed by atoms with E-state index in [0.717, 1.165) is 24.8 Å². The van der Waals surface area contributed by atoms with Crippen LogP contribution in [-0.4, -0.2) is 0 Å². The molecule has 0 spiro atoms. The molecule has 0 aliphatic heterocycles. The summed E-state index contributed by atoms with van der Waals surface area (Å²) in [6.45, 7) is 0. The summed E-state index contributed by atoms with van der Waals surface area (Å²) in [5, 5.41) is 27.8. The highest BCUT2D eigenvalue weighted by molar-refractivity contribution is 5.57. The Bertz CT molecular complexity index is 860. The first-order valence-corrected chi connectivity index (χ1v) is 7.24. The van der Waals surface area contributed by atoms with E-state index in [1.165, 1.54) is 11.1 Å². The average molecular weight is 283 g/mol. The molecular formula is C19H13N3. The van der Waals surface area contributed by atoms with Gasteiger partial charge in [-0.25, -0.2) is 0 Å². The van der Waals surface area contributed by atoms with Crippen LogP contribution in [0.5, 0.6) is 0 Å². The number of hydrogen-bond donors (Lipinski definition) is 0. The quantitative estimate of drug-likeness (QED) is 0.799. The fourth-order valence-corrected chi connectivity index (χ4v) is 3.26. The fourth-order valence-electron chi connectivity index (χ4n) is 3.26. The first-order chi connectivity index (χ1) is 10.8. The average Bonchev–Trinajstić information content (AvgIpc) is 2.60. The summed E-state index contributed by atoms with van der Waals surface area (Å²) in [7, 11) is 0. The highest BCUT2D eigenvalue weighted by Crippen LogP contribution is 2.38. The molecule has 2 aromatic carbocycles. The summed E-state index contributed by atoms with van der Waals surface area (Å²) < 4.78 is 0. The van der Waals surface area contributed by atoms with Crippen LogP contribution in [0.25, 0.3) is 0 Å². The third-order valence-electron chi connectivity index (χ3n) is 4.30. The zero-order valence-electron chi connectivity index (χ0n) is 12.0. The number of benzene rings is 2. The van der Waals surface area contributed by atoms with Crippen LogP contribution >= 0.6 is 0 Å². The van der Waals surface area contributed by atoms with Crippen molar-refractivity contribution in [2.45, 2.75) is 25.2 Å². The summed E-state index contributed by atoms with van der Waals surface area (Å²) in [4.78, 5) is 0. The minimum Gasteiger partial charge on any atom is -0.192 e. The van der Waals surface area contributed by atoms with Crippen molar-refractivity contribution in [1.29, 1.82) is 15.8 Å². The van der Waals surface area contributed by atoms with Crippen molar-refractivity contribution >= 4 is 0 Å². The second-order valence-corrected chi connectivity index (χ2v) is 5.46. The molecule has 22 heavy (non-hydrogen) atoms. The largest absolute Gasteiger partial charge is 0.192 e. The molecule has 0 radical (unpaired) electrons. The van der Waals surface area contributed by atoms with Gasteiger partial charge in [-0.05, 0) is 48.1 Å². The van der Waals surface area contributed by atoms with E-state index in [2.05, 4.69) is 24.3 Å². The Morgan fingerprint density at radius 2 is 1.50 bits per heavy atom. The molecule has 3 heteroatoms. The highest BCUT2D eigenvalue weighted by Gasteiger charge is 2.24. The number of nitrogens with zero attached hydrogens (tertiary/aromatic N) is 3. The van der Waals surface area contributed by atoms with E-state index in [1.54, 1.807) is 12.1 Å². The van der Waals surface area contributed by atoms with Gasteiger partial charge in [-0.2, -0.15) is 15.8 Å². The van der Waals surface area contributed by atoms with E-state index in [4.69, 9.17) is 5.26 Å².